The SMILES string of the molecule is COCCOC1C(Br)CC1Oc1ccc(F)cc1C. The third-order valence-electron chi connectivity index (χ3n) is 3.19. The van der Waals surface area contributed by atoms with Crippen molar-refractivity contribution < 1.29 is 18.6 Å². The van der Waals surface area contributed by atoms with E-state index in [1.54, 1.807) is 13.2 Å². The quantitative estimate of drug-likeness (QED) is 0.592. The molecule has 0 spiro atoms. The molecule has 0 amide bonds. The van der Waals surface area contributed by atoms with Crippen molar-refractivity contribution in [2.75, 3.05) is 20.3 Å². The van der Waals surface area contributed by atoms with E-state index < -0.39 is 0 Å². The maximum atomic E-state index is 13.0. The fourth-order valence-electron chi connectivity index (χ4n) is 2.03. The highest BCUT2D eigenvalue weighted by molar-refractivity contribution is 9.09. The minimum Gasteiger partial charge on any atom is -0.487 e. The molecular weight excluding hydrogens is 315 g/mol. The molecule has 3 atom stereocenters. The first-order valence-electron chi connectivity index (χ1n) is 6.29. The lowest BCUT2D eigenvalue weighted by Crippen LogP contribution is -2.52. The molecule has 1 aromatic carbocycles. The summed E-state index contributed by atoms with van der Waals surface area (Å²) in [6.45, 7) is 2.95. The molecule has 1 aromatic rings. The molecule has 19 heavy (non-hydrogen) atoms. The fraction of sp³-hybridized carbons (Fsp3) is 0.571. The number of aryl methyl sites for hydroxylation is 1. The van der Waals surface area contributed by atoms with Crippen LogP contribution in [-0.4, -0.2) is 37.4 Å². The Kier molecular flexibility index (Phi) is 5.19. The van der Waals surface area contributed by atoms with Crippen molar-refractivity contribution in [3.05, 3.63) is 29.6 Å². The normalized spacial score (nSPS) is 26.0. The van der Waals surface area contributed by atoms with Crippen LogP contribution in [0.5, 0.6) is 5.75 Å². The number of rotatable bonds is 6. The van der Waals surface area contributed by atoms with Gasteiger partial charge < -0.3 is 14.2 Å². The topological polar surface area (TPSA) is 27.7 Å². The summed E-state index contributed by atoms with van der Waals surface area (Å²) in [5, 5.41) is 0. The maximum Gasteiger partial charge on any atom is 0.127 e. The highest BCUT2D eigenvalue weighted by Crippen LogP contribution is 2.35. The smallest absolute Gasteiger partial charge is 0.127 e. The van der Waals surface area contributed by atoms with Crippen molar-refractivity contribution in [1.82, 2.24) is 0 Å². The lowest BCUT2D eigenvalue weighted by atomic mass is 9.91. The average Bonchev–Trinajstić information content (AvgIpc) is 2.37. The molecular formula is C14H18BrFO3. The number of hydrogen-bond donors (Lipinski definition) is 0. The molecule has 0 radical (unpaired) electrons. The standard InChI is InChI=1S/C14H18BrFO3/c1-9-7-10(16)3-4-12(9)19-13-8-11(15)14(13)18-6-5-17-2/h3-4,7,11,13-14H,5-6,8H2,1-2H3. The van der Waals surface area contributed by atoms with Crippen molar-refractivity contribution in [3.63, 3.8) is 0 Å². The van der Waals surface area contributed by atoms with Crippen LogP contribution in [0.15, 0.2) is 18.2 Å². The third kappa shape index (κ3) is 3.68. The molecule has 0 aromatic heterocycles. The molecule has 0 aliphatic heterocycles. The first kappa shape index (κ1) is 14.8. The van der Waals surface area contributed by atoms with Gasteiger partial charge in [-0.3, -0.25) is 0 Å². The van der Waals surface area contributed by atoms with Gasteiger partial charge in [-0.1, -0.05) is 15.9 Å². The van der Waals surface area contributed by atoms with E-state index >= 15 is 0 Å². The Bertz CT molecular complexity index is 427. The molecule has 106 valence electrons. The van der Waals surface area contributed by atoms with Crippen LogP contribution in [0.1, 0.15) is 12.0 Å². The molecule has 3 nitrogen and oxygen atoms in total. The largest absolute Gasteiger partial charge is 0.487 e. The van der Waals surface area contributed by atoms with Gasteiger partial charge in [0.1, 0.15) is 23.8 Å². The second-order valence-corrected chi connectivity index (χ2v) is 5.82. The van der Waals surface area contributed by atoms with Gasteiger partial charge >= 0.3 is 0 Å². The fourth-order valence-corrected chi connectivity index (χ4v) is 2.89. The van der Waals surface area contributed by atoms with Crippen LogP contribution < -0.4 is 4.74 Å². The van der Waals surface area contributed by atoms with Crippen molar-refractivity contribution in [2.45, 2.75) is 30.4 Å². The summed E-state index contributed by atoms with van der Waals surface area (Å²) >= 11 is 3.56. The lowest BCUT2D eigenvalue weighted by Gasteiger charge is -2.41. The summed E-state index contributed by atoms with van der Waals surface area (Å²) < 4.78 is 29.6. The zero-order chi connectivity index (χ0) is 13.8. The van der Waals surface area contributed by atoms with Gasteiger partial charge in [0, 0.05) is 18.4 Å². The molecule has 5 heteroatoms. The summed E-state index contributed by atoms with van der Waals surface area (Å²) in [6, 6.07) is 4.55. The van der Waals surface area contributed by atoms with E-state index in [1.165, 1.54) is 12.1 Å². The minimum absolute atomic E-state index is 0.00499. The van der Waals surface area contributed by atoms with Gasteiger partial charge in [-0.15, -0.1) is 0 Å². The summed E-state index contributed by atoms with van der Waals surface area (Å²) in [6.07, 6.45) is 0.902. The summed E-state index contributed by atoms with van der Waals surface area (Å²) in [5.74, 6) is 0.468. The van der Waals surface area contributed by atoms with Gasteiger partial charge in [-0.2, -0.15) is 0 Å². The van der Waals surface area contributed by atoms with Gasteiger partial charge in [0.2, 0.25) is 0 Å². The maximum absolute atomic E-state index is 13.0. The summed E-state index contributed by atoms with van der Waals surface area (Å²) in [7, 11) is 1.64. The average molecular weight is 333 g/mol. The van der Waals surface area contributed by atoms with Crippen LogP contribution in [0.4, 0.5) is 4.39 Å². The predicted molar refractivity (Wildman–Crippen MR) is 74.5 cm³/mol. The second-order valence-electron chi connectivity index (χ2n) is 4.65. The van der Waals surface area contributed by atoms with Crippen molar-refractivity contribution >= 4 is 15.9 Å². The first-order valence-corrected chi connectivity index (χ1v) is 7.21. The molecule has 1 aliphatic carbocycles. The molecule has 2 rings (SSSR count). The number of benzene rings is 1. The van der Waals surface area contributed by atoms with Crippen molar-refractivity contribution in [3.8, 4) is 5.75 Å². The number of alkyl halides is 1. The Hall–Kier alpha value is -0.650. The molecule has 1 saturated carbocycles. The lowest BCUT2D eigenvalue weighted by molar-refractivity contribution is -0.0867. The van der Waals surface area contributed by atoms with Crippen molar-refractivity contribution in [1.29, 1.82) is 0 Å². The Morgan fingerprint density at radius 2 is 2.16 bits per heavy atom. The number of methoxy groups -OCH3 is 1. The number of halogens is 2. The zero-order valence-electron chi connectivity index (χ0n) is 11.1. The van der Waals surface area contributed by atoms with E-state index in [0.717, 1.165) is 12.0 Å². The molecule has 1 aliphatic rings. The highest BCUT2D eigenvalue weighted by atomic mass is 79.9. The van der Waals surface area contributed by atoms with Gasteiger partial charge in [0.05, 0.1) is 13.2 Å². The molecule has 0 N–H and O–H groups in total. The third-order valence-corrected chi connectivity index (χ3v) is 4.09. The van der Waals surface area contributed by atoms with Crippen LogP contribution in [-0.2, 0) is 9.47 Å². The molecule has 0 saturated heterocycles. The van der Waals surface area contributed by atoms with Crippen LogP contribution in [0.3, 0.4) is 0 Å². The first-order chi connectivity index (χ1) is 9.11. The monoisotopic (exact) mass is 332 g/mol. The molecule has 3 unspecified atom stereocenters. The van der Waals surface area contributed by atoms with Crippen LogP contribution in [0.2, 0.25) is 0 Å². The minimum atomic E-state index is -0.246. The van der Waals surface area contributed by atoms with E-state index in [0.29, 0.717) is 23.8 Å². The number of ether oxygens (including phenoxy) is 3. The van der Waals surface area contributed by atoms with E-state index in [1.807, 2.05) is 6.92 Å². The van der Waals surface area contributed by atoms with Gasteiger partial charge in [0.25, 0.3) is 0 Å². The molecule has 0 bridgehead atoms. The van der Waals surface area contributed by atoms with Gasteiger partial charge in [0.15, 0.2) is 0 Å². The van der Waals surface area contributed by atoms with Crippen molar-refractivity contribution in [2.24, 2.45) is 0 Å². The highest BCUT2D eigenvalue weighted by Gasteiger charge is 2.42. The van der Waals surface area contributed by atoms with Gasteiger partial charge in [-0.25, -0.2) is 4.39 Å². The zero-order valence-corrected chi connectivity index (χ0v) is 12.7. The van der Waals surface area contributed by atoms with Crippen LogP contribution in [0.25, 0.3) is 0 Å². The Labute approximate surface area is 121 Å². The van der Waals surface area contributed by atoms with E-state index in [9.17, 15) is 4.39 Å². The Morgan fingerprint density at radius 3 is 2.79 bits per heavy atom. The van der Waals surface area contributed by atoms with Crippen LogP contribution >= 0.6 is 15.9 Å². The van der Waals surface area contributed by atoms with E-state index in [2.05, 4.69) is 15.9 Å². The van der Waals surface area contributed by atoms with E-state index in [-0.39, 0.29) is 18.0 Å². The van der Waals surface area contributed by atoms with Gasteiger partial charge in [-0.05, 0) is 30.7 Å². The van der Waals surface area contributed by atoms with E-state index in [4.69, 9.17) is 14.2 Å². The summed E-state index contributed by atoms with van der Waals surface area (Å²) in [5.41, 5.74) is 0.800. The molecule has 1 fully saturated rings. The Morgan fingerprint density at radius 1 is 1.37 bits per heavy atom. The summed E-state index contributed by atoms with van der Waals surface area (Å²) in [4.78, 5) is 0.301. The molecule has 0 heterocycles. The Balaban J connectivity index is 1.91. The predicted octanol–water partition coefficient (Wildman–Crippen LogP) is 3.08. The van der Waals surface area contributed by atoms with Crippen LogP contribution in [0, 0.1) is 12.7 Å². The number of hydrogen-bond acceptors (Lipinski definition) is 3. The second kappa shape index (κ2) is 6.68.